The SMILES string of the molecule is CCN1CCC(C)(NC)CC1. The maximum atomic E-state index is 3.40. The molecule has 0 amide bonds. The lowest BCUT2D eigenvalue weighted by Crippen LogP contribution is -2.49. The van der Waals surface area contributed by atoms with E-state index in [4.69, 9.17) is 0 Å². The number of rotatable bonds is 2. The van der Waals surface area contributed by atoms with Crippen molar-refractivity contribution >= 4 is 0 Å². The van der Waals surface area contributed by atoms with E-state index < -0.39 is 0 Å². The number of likely N-dealkylation sites (tertiary alicyclic amines) is 1. The Kier molecular flexibility index (Phi) is 2.90. The number of nitrogens with one attached hydrogen (secondary N) is 1. The Hall–Kier alpha value is -0.0800. The summed E-state index contributed by atoms with van der Waals surface area (Å²) in [5.74, 6) is 0. The molecule has 0 atom stereocenters. The first-order valence-electron chi connectivity index (χ1n) is 4.61. The Labute approximate surface area is 70.0 Å². The van der Waals surface area contributed by atoms with Gasteiger partial charge in [0.1, 0.15) is 0 Å². The highest BCUT2D eigenvalue weighted by Gasteiger charge is 2.27. The number of nitrogens with zero attached hydrogens (tertiary/aromatic N) is 1. The average molecular weight is 156 g/mol. The highest BCUT2D eigenvalue weighted by atomic mass is 15.1. The van der Waals surface area contributed by atoms with Gasteiger partial charge in [-0.1, -0.05) is 6.92 Å². The van der Waals surface area contributed by atoms with Gasteiger partial charge in [-0.2, -0.15) is 0 Å². The van der Waals surface area contributed by atoms with E-state index in [1.165, 1.54) is 32.5 Å². The van der Waals surface area contributed by atoms with Gasteiger partial charge in [-0.3, -0.25) is 0 Å². The highest BCUT2D eigenvalue weighted by Crippen LogP contribution is 2.20. The largest absolute Gasteiger partial charge is 0.314 e. The summed E-state index contributed by atoms with van der Waals surface area (Å²) in [6, 6.07) is 0. The molecule has 1 aliphatic rings. The topological polar surface area (TPSA) is 15.3 Å². The van der Waals surface area contributed by atoms with Gasteiger partial charge in [-0.15, -0.1) is 0 Å². The molecule has 0 aromatic heterocycles. The summed E-state index contributed by atoms with van der Waals surface area (Å²) >= 11 is 0. The van der Waals surface area contributed by atoms with Gasteiger partial charge >= 0.3 is 0 Å². The van der Waals surface area contributed by atoms with Crippen LogP contribution in [0.2, 0.25) is 0 Å². The lowest BCUT2D eigenvalue weighted by Gasteiger charge is -2.38. The minimum absolute atomic E-state index is 0.408. The molecule has 66 valence electrons. The number of hydrogen-bond acceptors (Lipinski definition) is 2. The van der Waals surface area contributed by atoms with Crippen LogP contribution in [0.3, 0.4) is 0 Å². The van der Waals surface area contributed by atoms with Crippen molar-refractivity contribution in [2.45, 2.75) is 32.2 Å². The molecule has 0 spiro atoms. The van der Waals surface area contributed by atoms with E-state index in [1.807, 2.05) is 0 Å². The Bertz CT molecular complexity index is 115. The third-order valence-corrected chi connectivity index (χ3v) is 3.01. The zero-order valence-electron chi connectivity index (χ0n) is 7.98. The van der Waals surface area contributed by atoms with E-state index >= 15 is 0 Å². The van der Waals surface area contributed by atoms with Gasteiger partial charge in [0.05, 0.1) is 0 Å². The smallest absolute Gasteiger partial charge is 0.0174 e. The van der Waals surface area contributed by atoms with Crippen molar-refractivity contribution in [1.82, 2.24) is 10.2 Å². The van der Waals surface area contributed by atoms with Crippen LogP contribution in [0.25, 0.3) is 0 Å². The summed E-state index contributed by atoms with van der Waals surface area (Å²) in [7, 11) is 2.07. The van der Waals surface area contributed by atoms with Gasteiger partial charge in [-0.25, -0.2) is 0 Å². The molecule has 2 heteroatoms. The molecule has 1 heterocycles. The Morgan fingerprint density at radius 2 is 1.91 bits per heavy atom. The Balaban J connectivity index is 2.35. The van der Waals surface area contributed by atoms with Crippen LogP contribution in [0.15, 0.2) is 0 Å². The minimum atomic E-state index is 0.408. The molecule has 11 heavy (non-hydrogen) atoms. The molecule has 1 N–H and O–H groups in total. The Morgan fingerprint density at radius 1 is 1.36 bits per heavy atom. The van der Waals surface area contributed by atoms with E-state index in [9.17, 15) is 0 Å². The number of hydrogen-bond donors (Lipinski definition) is 1. The first-order valence-corrected chi connectivity index (χ1v) is 4.61. The standard InChI is InChI=1S/C9H20N2/c1-4-11-7-5-9(2,10-3)6-8-11/h10H,4-8H2,1-3H3. The van der Waals surface area contributed by atoms with Crippen molar-refractivity contribution in [2.75, 3.05) is 26.7 Å². The first-order chi connectivity index (χ1) is 5.20. The van der Waals surface area contributed by atoms with Crippen LogP contribution in [-0.2, 0) is 0 Å². The monoisotopic (exact) mass is 156 g/mol. The van der Waals surface area contributed by atoms with Crippen molar-refractivity contribution < 1.29 is 0 Å². The first kappa shape index (κ1) is 9.01. The third-order valence-electron chi connectivity index (χ3n) is 3.01. The molecule has 0 saturated carbocycles. The van der Waals surface area contributed by atoms with Gasteiger partial charge in [0, 0.05) is 5.54 Å². The highest BCUT2D eigenvalue weighted by molar-refractivity contribution is 4.87. The molecule has 0 aliphatic carbocycles. The quantitative estimate of drug-likeness (QED) is 0.643. The zero-order chi connectivity index (χ0) is 8.32. The number of piperidine rings is 1. The summed E-state index contributed by atoms with van der Waals surface area (Å²) < 4.78 is 0. The zero-order valence-corrected chi connectivity index (χ0v) is 7.98. The summed E-state index contributed by atoms with van der Waals surface area (Å²) in [6.45, 7) is 8.28. The van der Waals surface area contributed by atoms with Crippen LogP contribution in [0.1, 0.15) is 26.7 Å². The predicted octanol–water partition coefficient (Wildman–Crippen LogP) is 1.08. The molecule has 1 rings (SSSR count). The van der Waals surface area contributed by atoms with Crippen molar-refractivity contribution in [3.63, 3.8) is 0 Å². The van der Waals surface area contributed by atoms with Crippen LogP contribution < -0.4 is 5.32 Å². The molecule has 1 fully saturated rings. The van der Waals surface area contributed by atoms with Gasteiger partial charge in [0.2, 0.25) is 0 Å². The maximum absolute atomic E-state index is 3.40. The molecule has 0 unspecified atom stereocenters. The van der Waals surface area contributed by atoms with Gasteiger partial charge < -0.3 is 10.2 Å². The van der Waals surface area contributed by atoms with Crippen LogP contribution in [-0.4, -0.2) is 37.1 Å². The van der Waals surface area contributed by atoms with Gasteiger partial charge in [0.25, 0.3) is 0 Å². The summed E-state index contributed by atoms with van der Waals surface area (Å²) in [4.78, 5) is 2.51. The molecule has 0 aromatic rings. The normalized spacial score (nSPS) is 25.4. The molecule has 2 nitrogen and oxygen atoms in total. The molecule has 1 saturated heterocycles. The molecule has 1 aliphatic heterocycles. The second-order valence-electron chi connectivity index (χ2n) is 3.74. The third kappa shape index (κ3) is 2.17. The average Bonchev–Trinajstić information content (AvgIpc) is 2.06. The maximum Gasteiger partial charge on any atom is 0.0174 e. The lowest BCUT2D eigenvalue weighted by molar-refractivity contribution is 0.158. The lowest BCUT2D eigenvalue weighted by atomic mass is 9.90. The van der Waals surface area contributed by atoms with Crippen molar-refractivity contribution in [2.24, 2.45) is 0 Å². The predicted molar refractivity (Wildman–Crippen MR) is 48.8 cm³/mol. The van der Waals surface area contributed by atoms with Gasteiger partial charge in [-0.05, 0) is 46.4 Å². The van der Waals surface area contributed by atoms with E-state index in [2.05, 4.69) is 31.1 Å². The van der Waals surface area contributed by atoms with Crippen LogP contribution >= 0.6 is 0 Å². The summed E-state index contributed by atoms with van der Waals surface area (Å²) in [5, 5.41) is 3.40. The molecule has 0 aromatic carbocycles. The molecule has 0 radical (unpaired) electrons. The summed E-state index contributed by atoms with van der Waals surface area (Å²) in [6.07, 6.45) is 2.58. The van der Waals surface area contributed by atoms with Gasteiger partial charge in [0.15, 0.2) is 0 Å². The van der Waals surface area contributed by atoms with Crippen molar-refractivity contribution in [3.05, 3.63) is 0 Å². The molecular formula is C9H20N2. The summed E-state index contributed by atoms with van der Waals surface area (Å²) in [5.41, 5.74) is 0.408. The molecular weight excluding hydrogens is 136 g/mol. The van der Waals surface area contributed by atoms with E-state index in [1.54, 1.807) is 0 Å². The molecule has 0 bridgehead atoms. The van der Waals surface area contributed by atoms with Crippen LogP contribution in [0.5, 0.6) is 0 Å². The van der Waals surface area contributed by atoms with Crippen LogP contribution in [0, 0.1) is 0 Å². The minimum Gasteiger partial charge on any atom is -0.314 e. The van der Waals surface area contributed by atoms with Crippen molar-refractivity contribution in [3.8, 4) is 0 Å². The van der Waals surface area contributed by atoms with Crippen LogP contribution in [0.4, 0.5) is 0 Å². The second kappa shape index (κ2) is 3.55. The Morgan fingerprint density at radius 3 is 2.27 bits per heavy atom. The van der Waals surface area contributed by atoms with E-state index in [-0.39, 0.29) is 0 Å². The van der Waals surface area contributed by atoms with E-state index in [0.717, 1.165) is 0 Å². The fourth-order valence-corrected chi connectivity index (χ4v) is 1.61. The fourth-order valence-electron chi connectivity index (χ4n) is 1.61. The van der Waals surface area contributed by atoms with E-state index in [0.29, 0.717) is 5.54 Å². The second-order valence-corrected chi connectivity index (χ2v) is 3.74. The van der Waals surface area contributed by atoms with Crippen molar-refractivity contribution in [1.29, 1.82) is 0 Å². The fraction of sp³-hybridized carbons (Fsp3) is 1.00.